The van der Waals surface area contributed by atoms with Crippen LogP contribution in [0, 0.1) is 12.3 Å². The second kappa shape index (κ2) is 9.38. The quantitative estimate of drug-likeness (QED) is 0.486. The van der Waals surface area contributed by atoms with Crippen molar-refractivity contribution in [1.82, 2.24) is 8.87 Å². The molecule has 32 heavy (non-hydrogen) atoms. The van der Waals surface area contributed by atoms with Crippen LogP contribution in [0.3, 0.4) is 0 Å². The number of nitrogens with zero attached hydrogens (tertiary/aromatic N) is 3. The Morgan fingerprint density at radius 2 is 1.78 bits per heavy atom. The Morgan fingerprint density at radius 3 is 2.44 bits per heavy atom. The van der Waals surface area contributed by atoms with Gasteiger partial charge in [-0.3, -0.25) is 4.79 Å². The molecule has 0 N–H and O–H groups in total. The molecule has 1 amide bonds. The minimum Gasteiger partial charge on any atom is -0.303 e. The Kier molecular flexibility index (Phi) is 6.75. The van der Waals surface area contributed by atoms with E-state index in [1.54, 1.807) is 16.7 Å². The third kappa shape index (κ3) is 4.36. The van der Waals surface area contributed by atoms with Crippen LogP contribution >= 0.6 is 34.5 Å². The summed E-state index contributed by atoms with van der Waals surface area (Å²) in [4.78, 5) is 17.6. The van der Waals surface area contributed by atoms with E-state index in [-0.39, 0.29) is 17.0 Å². The highest BCUT2D eigenvalue weighted by Crippen LogP contribution is 2.32. The van der Waals surface area contributed by atoms with E-state index in [4.69, 9.17) is 29.6 Å². The molecule has 4 rings (SSSR count). The number of sulfonamides is 1. The summed E-state index contributed by atoms with van der Waals surface area (Å²) in [7, 11) is -3.56. The molecule has 2 aromatic carbocycles. The molecule has 2 heterocycles. The van der Waals surface area contributed by atoms with Gasteiger partial charge in [-0.1, -0.05) is 46.9 Å². The number of amides is 1. The first-order valence-corrected chi connectivity index (χ1v) is 12.9. The molecular weight excluding hydrogens is 489 g/mol. The van der Waals surface area contributed by atoms with Crippen LogP contribution in [-0.4, -0.2) is 36.3 Å². The third-order valence-electron chi connectivity index (χ3n) is 5.23. The molecule has 1 saturated heterocycles. The summed E-state index contributed by atoms with van der Waals surface area (Å²) in [5.41, 5.74) is 0.896. The van der Waals surface area contributed by atoms with Gasteiger partial charge in [0.05, 0.1) is 31.7 Å². The number of aromatic nitrogens is 1. The summed E-state index contributed by atoms with van der Waals surface area (Å²) in [6.45, 7) is 1.21. The van der Waals surface area contributed by atoms with Crippen LogP contribution in [-0.2, 0) is 16.6 Å². The van der Waals surface area contributed by atoms with Crippen molar-refractivity contribution in [3.05, 3.63) is 56.8 Å². The molecule has 0 bridgehead atoms. The van der Waals surface area contributed by atoms with Crippen molar-refractivity contribution in [3.63, 3.8) is 0 Å². The standard InChI is InChI=1S/C22H19Cl2N3O3S2/c1-2-12-27-20-18(11-10-17(23)19(20)24)31-22(27)25-21(28)15-6-8-16(9-7-15)32(29,30)26-13-4-3-5-14-26/h1,6-11H,3-5,12-14H2. The fourth-order valence-electron chi connectivity index (χ4n) is 3.60. The van der Waals surface area contributed by atoms with E-state index in [2.05, 4.69) is 10.9 Å². The number of benzene rings is 2. The van der Waals surface area contributed by atoms with Crippen LogP contribution in [0.2, 0.25) is 10.0 Å². The molecule has 10 heteroatoms. The van der Waals surface area contributed by atoms with Crippen LogP contribution in [0.15, 0.2) is 46.3 Å². The predicted octanol–water partition coefficient (Wildman–Crippen LogP) is 4.56. The van der Waals surface area contributed by atoms with Crippen molar-refractivity contribution in [1.29, 1.82) is 0 Å². The summed E-state index contributed by atoms with van der Waals surface area (Å²) < 4.78 is 29.6. The van der Waals surface area contributed by atoms with Crippen molar-refractivity contribution in [2.45, 2.75) is 30.7 Å². The molecule has 0 radical (unpaired) electrons. The largest absolute Gasteiger partial charge is 0.303 e. The van der Waals surface area contributed by atoms with Gasteiger partial charge in [0.25, 0.3) is 5.91 Å². The van der Waals surface area contributed by atoms with Gasteiger partial charge in [-0.05, 0) is 49.2 Å². The molecule has 0 spiro atoms. The molecule has 1 fully saturated rings. The normalized spacial score (nSPS) is 15.7. The molecule has 0 saturated carbocycles. The van der Waals surface area contributed by atoms with Crippen LogP contribution in [0.4, 0.5) is 0 Å². The van der Waals surface area contributed by atoms with Crippen molar-refractivity contribution in [3.8, 4) is 12.3 Å². The number of terminal acetylenes is 1. The van der Waals surface area contributed by atoms with Crippen LogP contribution in [0.1, 0.15) is 29.6 Å². The van der Waals surface area contributed by atoms with E-state index in [0.29, 0.717) is 33.5 Å². The lowest BCUT2D eigenvalue weighted by Crippen LogP contribution is -2.35. The van der Waals surface area contributed by atoms with E-state index in [9.17, 15) is 13.2 Å². The van der Waals surface area contributed by atoms with Gasteiger partial charge in [0.2, 0.25) is 10.0 Å². The number of carbonyl (C=O) groups is 1. The van der Waals surface area contributed by atoms with Crippen molar-refractivity contribution >= 4 is 60.7 Å². The number of fused-ring (bicyclic) bond motifs is 1. The number of piperidine rings is 1. The lowest BCUT2D eigenvalue weighted by molar-refractivity contribution is 0.0998. The predicted molar refractivity (Wildman–Crippen MR) is 128 cm³/mol. The molecule has 0 unspecified atom stereocenters. The zero-order valence-electron chi connectivity index (χ0n) is 16.9. The highest BCUT2D eigenvalue weighted by Gasteiger charge is 2.26. The van der Waals surface area contributed by atoms with Gasteiger partial charge in [-0.25, -0.2) is 8.42 Å². The summed E-state index contributed by atoms with van der Waals surface area (Å²) in [5, 5.41) is 0.725. The van der Waals surface area contributed by atoms with Gasteiger partial charge in [-0.15, -0.1) is 6.42 Å². The van der Waals surface area contributed by atoms with Crippen LogP contribution < -0.4 is 4.80 Å². The topological polar surface area (TPSA) is 71.7 Å². The summed E-state index contributed by atoms with van der Waals surface area (Å²) in [6.07, 6.45) is 8.25. The highest BCUT2D eigenvalue weighted by atomic mass is 35.5. The van der Waals surface area contributed by atoms with E-state index in [1.165, 1.54) is 39.9 Å². The minimum absolute atomic E-state index is 0.166. The average Bonchev–Trinajstić information content (AvgIpc) is 3.15. The van der Waals surface area contributed by atoms with E-state index >= 15 is 0 Å². The molecule has 3 aromatic rings. The number of carbonyl (C=O) groups excluding carboxylic acids is 1. The van der Waals surface area contributed by atoms with Crippen molar-refractivity contribution in [2.24, 2.45) is 4.99 Å². The van der Waals surface area contributed by atoms with Crippen LogP contribution in [0.25, 0.3) is 10.2 Å². The fourth-order valence-corrected chi connectivity index (χ4v) is 6.63. The second-order valence-corrected chi connectivity index (χ2v) is 11.0. The summed E-state index contributed by atoms with van der Waals surface area (Å²) in [5.74, 6) is 2.03. The maximum Gasteiger partial charge on any atom is 0.279 e. The van der Waals surface area contributed by atoms with Gasteiger partial charge in [0.15, 0.2) is 4.80 Å². The maximum atomic E-state index is 12.8. The Balaban J connectivity index is 1.68. The minimum atomic E-state index is -3.56. The molecule has 6 nitrogen and oxygen atoms in total. The zero-order chi connectivity index (χ0) is 22.9. The summed E-state index contributed by atoms with van der Waals surface area (Å²) >= 11 is 13.8. The number of hydrogen-bond acceptors (Lipinski definition) is 4. The second-order valence-electron chi connectivity index (χ2n) is 7.29. The fraction of sp³-hybridized carbons (Fsp3) is 0.273. The smallest absolute Gasteiger partial charge is 0.279 e. The number of rotatable bonds is 4. The Labute approximate surface area is 200 Å². The van der Waals surface area contributed by atoms with Gasteiger partial charge < -0.3 is 4.57 Å². The van der Waals surface area contributed by atoms with E-state index in [1.807, 2.05) is 0 Å². The monoisotopic (exact) mass is 507 g/mol. The molecule has 1 aliphatic heterocycles. The third-order valence-corrected chi connectivity index (χ3v) is 8.99. The van der Waals surface area contributed by atoms with Crippen molar-refractivity contribution < 1.29 is 13.2 Å². The van der Waals surface area contributed by atoms with Gasteiger partial charge in [0, 0.05) is 18.7 Å². The SMILES string of the molecule is C#CCn1c(=NC(=O)c2ccc(S(=O)(=O)N3CCCCC3)cc2)sc2ccc(Cl)c(Cl)c21. The van der Waals surface area contributed by atoms with Crippen molar-refractivity contribution in [2.75, 3.05) is 13.1 Å². The molecule has 0 aliphatic carbocycles. The molecular formula is C22H19Cl2N3O3S2. The first kappa shape index (κ1) is 23.0. The maximum absolute atomic E-state index is 12.8. The number of halogens is 2. The zero-order valence-corrected chi connectivity index (χ0v) is 20.1. The first-order chi connectivity index (χ1) is 15.3. The molecule has 0 atom stereocenters. The molecule has 1 aliphatic rings. The van der Waals surface area contributed by atoms with Gasteiger partial charge in [-0.2, -0.15) is 9.30 Å². The van der Waals surface area contributed by atoms with Gasteiger partial charge >= 0.3 is 0 Å². The lowest BCUT2D eigenvalue weighted by Gasteiger charge is -2.25. The lowest BCUT2D eigenvalue weighted by atomic mass is 10.2. The molecule has 166 valence electrons. The average molecular weight is 508 g/mol. The molecule has 1 aromatic heterocycles. The van der Waals surface area contributed by atoms with Crippen LogP contribution in [0.5, 0.6) is 0 Å². The van der Waals surface area contributed by atoms with Gasteiger partial charge in [0.1, 0.15) is 0 Å². The Bertz CT molecular complexity index is 1400. The summed E-state index contributed by atoms with van der Waals surface area (Å²) in [6, 6.07) is 9.32. The Morgan fingerprint density at radius 1 is 1.09 bits per heavy atom. The first-order valence-electron chi connectivity index (χ1n) is 9.93. The highest BCUT2D eigenvalue weighted by molar-refractivity contribution is 7.89. The van der Waals surface area contributed by atoms with E-state index < -0.39 is 15.9 Å². The Hall–Kier alpha value is -2.15. The van der Waals surface area contributed by atoms with E-state index in [0.717, 1.165) is 24.0 Å². The number of hydrogen-bond donors (Lipinski definition) is 0. The number of thiazole rings is 1.